The number of nitrogens with one attached hydrogen (secondary N) is 1. The van der Waals surface area contributed by atoms with Gasteiger partial charge in [0.1, 0.15) is 6.29 Å². The molecule has 0 radical (unpaired) electrons. The fraction of sp³-hybridized carbons (Fsp3) is 0.190. The van der Waals surface area contributed by atoms with Crippen molar-refractivity contribution in [3.8, 4) is 0 Å². The van der Waals surface area contributed by atoms with Crippen molar-refractivity contribution in [2.45, 2.75) is 12.8 Å². The summed E-state index contributed by atoms with van der Waals surface area (Å²) in [6.07, 6.45) is 0.690. The highest BCUT2D eigenvalue weighted by Gasteiger charge is 2.34. The number of benzene rings is 2. The van der Waals surface area contributed by atoms with Crippen LogP contribution in [0.3, 0.4) is 0 Å². The number of rotatable bonds is 6. The van der Waals surface area contributed by atoms with Crippen LogP contribution in [0.15, 0.2) is 65.2 Å². The molecular weight excluding hydrogens is 362 g/mol. The van der Waals surface area contributed by atoms with Crippen LogP contribution in [0.4, 0.5) is 0 Å². The maximum absolute atomic E-state index is 12.6. The van der Waals surface area contributed by atoms with Crippen LogP contribution in [0.5, 0.6) is 0 Å². The summed E-state index contributed by atoms with van der Waals surface area (Å²) in [6, 6.07) is 16.1. The minimum absolute atomic E-state index is 0.146. The molecule has 0 aliphatic carbocycles. The van der Waals surface area contributed by atoms with Crippen LogP contribution in [-0.2, 0) is 9.53 Å². The zero-order valence-electron chi connectivity index (χ0n) is 14.8. The first-order valence-electron chi connectivity index (χ1n) is 8.59. The Hall–Kier alpha value is -2.86. The van der Waals surface area contributed by atoms with Gasteiger partial charge in [0.15, 0.2) is 0 Å². The molecule has 2 aromatic carbocycles. The largest absolute Gasteiger partial charge is 0.463 e. The molecule has 5 nitrogen and oxygen atoms in total. The lowest BCUT2D eigenvalue weighted by molar-refractivity contribution is -0.138. The Labute approximate surface area is 161 Å². The number of hydrogen-bond acceptors (Lipinski definition) is 5. The minimum Gasteiger partial charge on any atom is -0.463 e. The molecule has 0 spiro atoms. The second-order valence-corrected chi connectivity index (χ2v) is 6.97. The van der Waals surface area contributed by atoms with Crippen molar-refractivity contribution >= 4 is 29.9 Å². The Morgan fingerprint density at radius 3 is 2.67 bits per heavy atom. The molecule has 1 unspecified atom stereocenters. The number of ether oxygens (including phenoxy) is 1. The van der Waals surface area contributed by atoms with E-state index in [1.807, 2.05) is 30.3 Å². The lowest BCUT2D eigenvalue weighted by Gasteiger charge is -2.14. The molecule has 0 aromatic heterocycles. The van der Waals surface area contributed by atoms with Gasteiger partial charge in [-0.05, 0) is 24.6 Å². The topological polar surface area (TPSA) is 72.5 Å². The normalized spacial score (nSPS) is 16.1. The van der Waals surface area contributed by atoms with Gasteiger partial charge in [-0.15, -0.1) is 11.8 Å². The number of carbonyl (C=O) groups excluding carboxylic acids is 3. The maximum Gasteiger partial charge on any atom is 0.337 e. The van der Waals surface area contributed by atoms with Gasteiger partial charge >= 0.3 is 5.97 Å². The van der Waals surface area contributed by atoms with E-state index in [9.17, 15) is 14.4 Å². The van der Waals surface area contributed by atoms with E-state index < -0.39 is 5.97 Å². The number of amides is 1. The molecule has 0 bridgehead atoms. The van der Waals surface area contributed by atoms with E-state index in [1.54, 1.807) is 25.1 Å². The summed E-state index contributed by atoms with van der Waals surface area (Å²) in [6.45, 7) is 2.01. The number of carbonyl (C=O) groups is 3. The van der Waals surface area contributed by atoms with Gasteiger partial charge in [0.05, 0.1) is 17.2 Å². The van der Waals surface area contributed by atoms with Crippen molar-refractivity contribution in [2.24, 2.45) is 0 Å². The molecule has 1 heterocycles. The first-order chi connectivity index (χ1) is 13.1. The Kier molecular flexibility index (Phi) is 6.08. The molecule has 27 heavy (non-hydrogen) atoms. The van der Waals surface area contributed by atoms with Crippen LogP contribution in [-0.4, -0.2) is 30.5 Å². The van der Waals surface area contributed by atoms with E-state index >= 15 is 0 Å². The highest BCUT2D eigenvalue weighted by Crippen LogP contribution is 2.41. The fourth-order valence-corrected chi connectivity index (χ4v) is 4.15. The predicted octanol–water partition coefficient (Wildman–Crippen LogP) is 3.53. The Morgan fingerprint density at radius 2 is 1.96 bits per heavy atom. The van der Waals surface area contributed by atoms with Crippen LogP contribution in [0, 0.1) is 0 Å². The molecule has 1 N–H and O–H groups in total. The van der Waals surface area contributed by atoms with E-state index in [0.717, 1.165) is 5.56 Å². The molecule has 0 fully saturated rings. The van der Waals surface area contributed by atoms with E-state index in [4.69, 9.17) is 4.74 Å². The molecule has 1 aliphatic rings. The standard InChI is InChI=1S/C21H19NO4S/c1-2-26-21(25)18-17(15-8-4-3-5-9-15)13-27-20(18)22-19(24)16-10-6-7-14(11-16)12-23/h3-12,17H,2,13H2,1H3,(H,22,24). The lowest BCUT2D eigenvalue weighted by atomic mass is 9.93. The molecule has 0 saturated heterocycles. The Bertz CT molecular complexity index is 892. The van der Waals surface area contributed by atoms with Crippen LogP contribution < -0.4 is 5.32 Å². The number of thioether (sulfide) groups is 1. The predicted molar refractivity (Wildman–Crippen MR) is 105 cm³/mol. The third-order valence-electron chi connectivity index (χ3n) is 4.20. The number of aldehydes is 1. The molecule has 0 saturated carbocycles. The van der Waals surface area contributed by atoms with Crippen LogP contribution in [0.25, 0.3) is 0 Å². The van der Waals surface area contributed by atoms with Gasteiger partial charge < -0.3 is 10.1 Å². The number of esters is 1. The van der Waals surface area contributed by atoms with Crippen molar-refractivity contribution in [3.05, 3.63) is 81.9 Å². The monoisotopic (exact) mass is 381 g/mol. The van der Waals surface area contributed by atoms with Gasteiger partial charge in [-0.3, -0.25) is 9.59 Å². The smallest absolute Gasteiger partial charge is 0.337 e. The van der Waals surface area contributed by atoms with Gasteiger partial charge in [-0.2, -0.15) is 0 Å². The maximum atomic E-state index is 12.6. The summed E-state index contributed by atoms with van der Waals surface area (Å²) in [4.78, 5) is 36.1. The van der Waals surface area contributed by atoms with Crippen LogP contribution in [0.2, 0.25) is 0 Å². The van der Waals surface area contributed by atoms with E-state index in [-0.39, 0.29) is 18.4 Å². The van der Waals surface area contributed by atoms with Crippen molar-refractivity contribution < 1.29 is 19.1 Å². The van der Waals surface area contributed by atoms with E-state index in [2.05, 4.69) is 5.32 Å². The highest BCUT2D eigenvalue weighted by molar-refractivity contribution is 8.03. The zero-order chi connectivity index (χ0) is 19.2. The first kappa shape index (κ1) is 18.9. The van der Waals surface area contributed by atoms with Crippen molar-refractivity contribution in [1.29, 1.82) is 0 Å². The van der Waals surface area contributed by atoms with Crippen molar-refractivity contribution in [3.63, 3.8) is 0 Å². The molecular formula is C21H19NO4S. The third-order valence-corrected chi connectivity index (χ3v) is 5.31. The molecule has 2 aromatic rings. The van der Waals surface area contributed by atoms with Crippen LogP contribution in [0.1, 0.15) is 39.1 Å². The fourth-order valence-electron chi connectivity index (χ4n) is 2.91. The number of hydrogen-bond donors (Lipinski definition) is 1. The summed E-state index contributed by atoms with van der Waals surface area (Å²) < 4.78 is 5.22. The van der Waals surface area contributed by atoms with E-state index in [0.29, 0.717) is 33.8 Å². The summed E-state index contributed by atoms with van der Waals surface area (Å²) in [5.74, 6) is -0.292. The quantitative estimate of drug-likeness (QED) is 0.612. The molecule has 138 valence electrons. The summed E-state index contributed by atoms with van der Waals surface area (Å²) in [5, 5.41) is 3.33. The van der Waals surface area contributed by atoms with Crippen LogP contribution >= 0.6 is 11.8 Å². The van der Waals surface area contributed by atoms with Gasteiger partial charge in [0, 0.05) is 22.8 Å². The summed E-state index contributed by atoms with van der Waals surface area (Å²) in [7, 11) is 0. The Morgan fingerprint density at radius 1 is 1.19 bits per heavy atom. The van der Waals surface area contributed by atoms with Gasteiger partial charge in [0.2, 0.25) is 0 Å². The minimum atomic E-state index is -0.423. The molecule has 1 atom stereocenters. The zero-order valence-corrected chi connectivity index (χ0v) is 15.6. The summed E-state index contributed by atoms with van der Waals surface area (Å²) in [5.41, 5.74) is 2.25. The molecule has 1 aliphatic heterocycles. The average molecular weight is 381 g/mol. The van der Waals surface area contributed by atoms with Gasteiger partial charge in [0.25, 0.3) is 5.91 Å². The van der Waals surface area contributed by atoms with Gasteiger partial charge in [-0.25, -0.2) is 4.79 Å². The SMILES string of the molecule is CCOC(=O)C1=C(NC(=O)c2cccc(C=O)c2)SCC1c1ccccc1. The molecule has 3 rings (SSSR count). The molecule has 6 heteroatoms. The highest BCUT2D eigenvalue weighted by atomic mass is 32.2. The average Bonchev–Trinajstić information content (AvgIpc) is 3.12. The second-order valence-electron chi connectivity index (χ2n) is 5.93. The summed E-state index contributed by atoms with van der Waals surface area (Å²) >= 11 is 1.42. The van der Waals surface area contributed by atoms with Gasteiger partial charge in [-0.1, -0.05) is 42.5 Å². The Balaban J connectivity index is 1.91. The first-order valence-corrected chi connectivity index (χ1v) is 9.58. The second kappa shape index (κ2) is 8.68. The van der Waals surface area contributed by atoms with E-state index in [1.165, 1.54) is 17.8 Å². The third kappa shape index (κ3) is 4.28. The van der Waals surface area contributed by atoms with Crippen molar-refractivity contribution in [1.82, 2.24) is 5.32 Å². The lowest BCUT2D eigenvalue weighted by Crippen LogP contribution is -2.24. The van der Waals surface area contributed by atoms with Crippen molar-refractivity contribution in [2.75, 3.05) is 12.4 Å². The molecule has 1 amide bonds.